The van der Waals surface area contributed by atoms with Gasteiger partial charge >= 0.3 is 0 Å². The molecule has 2 aliphatic rings. The van der Waals surface area contributed by atoms with Crippen LogP contribution in [0.25, 0.3) is 0 Å². The van der Waals surface area contributed by atoms with Crippen LogP contribution in [0.1, 0.15) is 19.3 Å². The molecule has 46 valence electrons. The molecule has 0 aliphatic heterocycles. The third kappa shape index (κ3) is 0.748. The third-order valence-electron chi connectivity index (χ3n) is 1.99. The van der Waals surface area contributed by atoms with Gasteiger partial charge in [-0.3, -0.25) is 0 Å². The van der Waals surface area contributed by atoms with Crippen molar-refractivity contribution in [3.05, 3.63) is 35.5 Å². The zero-order chi connectivity index (χ0) is 6.10. The van der Waals surface area contributed by atoms with E-state index in [1.807, 2.05) is 0 Å². The lowest BCUT2D eigenvalue weighted by atomic mass is 9.89. The van der Waals surface area contributed by atoms with Crippen molar-refractivity contribution in [3.8, 4) is 0 Å². The van der Waals surface area contributed by atoms with Gasteiger partial charge < -0.3 is 0 Å². The molecular formula is C9H10. The predicted molar refractivity (Wildman–Crippen MR) is 39.2 cm³/mol. The fourth-order valence-corrected chi connectivity index (χ4v) is 1.29. The van der Waals surface area contributed by atoms with Crippen LogP contribution < -0.4 is 0 Å². The Bertz CT molecular complexity index is 182. The Hall–Kier alpha value is -0.780. The van der Waals surface area contributed by atoms with E-state index in [1.54, 1.807) is 11.1 Å². The Morgan fingerprint density at radius 1 is 0.889 bits per heavy atom. The monoisotopic (exact) mass is 118 g/mol. The average molecular weight is 118 g/mol. The second kappa shape index (κ2) is 1.87. The lowest BCUT2D eigenvalue weighted by molar-refractivity contribution is 0.857. The third-order valence-corrected chi connectivity index (χ3v) is 1.99. The van der Waals surface area contributed by atoms with Crippen molar-refractivity contribution >= 4 is 0 Å². The molecule has 0 heterocycles. The summed E-state index contributed by atoms with van der Waals surface area (Å²) in [5.74, 6) is 0. The van der Waals surface area contributed by atoms with Crippen LogP contribution >= 0.6 is 0 Å². The van der Waals surface area contributed by atoms with Crippen molar-refractivity contribution in [2.75, 3.05) is 0 Å². The fraction of sp³-hybridized carbons (Fsp3) is 0.333. The minimum absolute atomic E-state index is 1.12. The number of allylic oxidation sites excluding steroid dienone is 6. The van der Waals surface area contributed by atoms with Crippen LogP contribution in [0.15, 0.2) is 35.5 Å². The zero-order valence-electron chi connectivity index (χ0n) is 5.43. The van der Waals surface area contributed by atoms with Gasteiger partial charge in [0.05, 0.1) is 0 Å². The summed E-state index contributed by atoms with van der Waals surface area (Å²) in [6.45, 7) is 0. The van der Waals surface area contributed by atoms with E-state index < -0.39 is 0 Å². The maximum Gasteiger partial charge on any atom is -0.0163 e. The highest BCUT2D eigenvalue weighted by molar-refractivity contribution is 5.42. The fourth-order valence-electron chi connectivity index (χ4n) is 1.29. The standard InChI is InChI=1S/C9H10/c1-2-4-8-6-7-9(8)5-3-1/h2-5H,1,6-7H2. The van der Waals surface area contributed by atoms with E-state index in [2.05, 4.69) is 24.3 Å². The molecule has 0 spiro atoms. The quantitative estimate of drug-likeness (QED) is 0.458. The summed E-state index contributed by atoms with van der Waals surface area (Å²) in [5.41, 5.74) is 3.12. The van der Waals surface area contributed by atoms with Gasteiger partial charge in [-0.05, 0) is 30.4 Å². The molecule has 0 N–H and O–H groups in total. The van der Waals surface area contributed by atoms with E-state index in [-0.39, 0.29) is 0 Å². The zero-order valence-corrected chi connectivity index (χ0v) is 5.43. The topological polar surface area (TPSA) is 0 Å². The normalized spacial score (nSPS) is 23.1. The van der Waals surface area contributed by atoms with Crippen LogP contribution in [0.3, 0.4) is 0 Å². The minimum Gasteiger partial charge on any atom is -0.0805 e. The van der Waals surface area contributed by atoms with Gasteiger partial charge in [0.15, 0.2) is 0 Å². The molecule has 0 nitrogen and oxygen atoms in total. The van der Waals surface area contributed by atoms with Gasteiger partial charge in [0.1, 0.15) is 0 Å². The van der Waals surface area contributed by atoms with E-state index in [0.29, 0.717) is 0 Å². The summed E-state index contributed by atoms with van der Waals surface area (Å²) in [6, 6.07) is 0. The lowest BCUT2D eigenvalue weighted by Gasteiger charge is -2.16. The van der Waals surface area contributed by atoms with Gasteiger partial charge in [0, 0.05) is 0 Å². The summed E-state index contributed by atoms with van der Waals surface area (Å²) >= 11 is 0. The van der Waals surface area contributed by atoms with Gasteiger partial charge in [-0.25, -0.2) is 0 Å². The van der Waals surface area contributed by atoms with Crippen LogP contribution in [0.5, 0.6) is 0 Å². The number of hydrogen-bond donors (Lipinski definition) is 0. The van der Waals surface area contributed by atoms with E-state index in [0.717, 1.165) is 6.42 Å². The highest BCUT2D eigenvalue weighted by Gasteiger charge is 2.11. The van der Waals surface area contributed by atoms with Crippen LogP contribution in [-0.4, -0.2) is 0 Å². The molecule has 0 heteroatoms. The Balaban J connectivity index is 2.37. The first-order valence-corrected chi connectivity index (χ1v) is 3.52. The van der Waals surface area contributed by atoms with Crippen molar-refractivity contribution in [1.82, 2.24) is 0 Å². The largest absolute Gasteiger partial charge is 0.0805 e. The molecule has 0 fully saturated rings. The van der Waals surface area contributed by atoms with Gasteiger partial charge in [0.2, 0.25) is 0 Å². The van der Waals surface area contributed by atoms with Crippen molar-refractivity contribution in [2.45, 2.75) is 19.3 Å². The Labute approximate surface area is 55.6 Å². The van der Waals surface area contributed by atoms with Crippen LogP contribution in [-0.2, 0) is 0 Å². The van der Waals surface area contributed by atoms with Crippen molar-refractivity contribution in [2.24, 2.45) is 0 Å². The molecule has 2 aliphatic carbocycles. The van der Waals surface area contributed by atoms with Gasteiger partial charge in [-0.1, -0.05) is 24.3 Å². The maximum atomic E-state index is 2.26. The predicted octanol–water partition coefficient (Wildman–Crippen LogP) is 2.59. The molecule has 0 aromatic heterocycles. The minimum atomic E-state index is 1.12. The molecule has 0 aromatic rings. The first kappa shape index (κ1) is 5.04. The summed E-state index contributed by atoms with van der Waals surface area (Å²) in [7, 11) is 0. The van der Waals surface area contributed by atoms with Gasteiger partial charge in [0.25, 0.3) is 0 Å². The molecule has 0 bridgehead atoms. The molecule has 9 heavy (non-hydrogen) atoms. The smallest absolute Gasteiger partial charge is 0.0163 e. The molecule has 0 saturated heterocycles. The molecule has 0 atom stereocenters. The highest BCUT2D eigenvalue weighted by Crippen LogP contribution is 2.31. The van der Waals surface area contributed by atoms with Crippen LogP contribution in [0.2, 0.25) is 0 Å². The summed E-state index contributed by atoms with van der Waals surface area (Å²) in [4.78, 5) is 0. The Kier molecular flexibility index (Phi) is 1.05. The van der Waals surface area contributed by atoms with Crippen molar-refractivity contribution in [1.29, 1.82) is 0 Å². The van der Waals surface area contributed by atoms with E-state index >= 15 is 0 Å². The van der Waals surface area contributed by atoms with Gasteiger partial charge in [-0.2, -0.15) is 0 Å². The SMILES string of the molecule is C1=CC2=C(C=CC1)CC2. The van der Waals surface area contributed by atoms with Crippen LogP contribution in [0, 0.1) is 0 Å². The van der Waals surface area contributed by atoms with E-state index in [9.17, 15) is 0 Å². The molecule has 0 aromatic carbocycles. The first-order chi connectivity index (χ1) is 4.47. The highest BCUT2D eigenvalue weighted by atomic mass is 14.2. The summed E-state index contributed by atoms with van der Waals surface area (Å²) in [5, 5.41) is 0. The molecule has 0 unspecified atom stereocenters. The molecule has 2 rings (SSSR count). The summed E-state index contributed by atoms with van der Waals surface area (Å²) < 4.78 is 0. The molecular weight excluding hydrogens is 108 g/mol. The first-order valence-electron chi connectivity index (χ1n) is 3.52. The second-order valence-electron chi connectivity index (χ2n) is 2.59. The molecule has 0 saturated carbocycles. The van der Waals surface area contributed by atoms with Crippen molar-refractivity contribution in [3.63, 3.8) is 0 Å². The maximum absolute atomic E-state index is 2.26. The van der Waals surface area contributed by atoms with Crippen molar-refractivity contribution < 1.29 is 0 Å². The summed E-state index contributed by atoms with van der Waals surface area (Å²) in [6.07, 6.45) is 12.7. The lowest BCUT2D eigenvalue weighted by Crippen LogP contribution is -1.97. The van der Waals surface area contributed by atoms with E-state index in [1.165, 1.54) is 12.8 Å². The van der Waals surface area contributed by atoms with Crippen LogP contribution in [0.4, 0.5) is 0 Å². The number of rotatable bonds is 0. The Morgan fingerprint density at radius 2 is 1.44 bits per heavy atom. The second-order valence-corrected chi connectivity index (χ2v) is 2.59. The molecule has 0 radical (unpaired) electrons. The Morgan fingerprint density at radius 3 is 1.89 bits per heavy atom. The molecule has 0 amide bonds. The average Bonchev–Trinajstić information content (AvgIpc) is 1.94. The van der Waals surface area contributed by atoms with Gasteiger partial charge in [-0.15, -0.1) is 0 Å². The number of hydrogen-bond acceptors (Lipinski definition) is 0. The van der Waals surface area contributed by atoms with E-state index in [4.69, 9.17) is 0 Å².